The van der Waals surface area contributed by atoms with E-state index in [1.54, 1.807) is 16.6 Å². The quantitative estimate of drug-likeness (QED) is 0.421. The number of benzene rings is 1. The maximum Gasteiger partial charge on any atom is 0.338 e. The Kier molecular flexibility index (Phi) is 4.02. The van der Waals surface area contributed by atoms with Crippen LogP contribution in [0.5, 0.6) is 0 Å². The van der Waals surface area contributed by atoms with Crippen LogP contribution >= 0.6 is 27.5 Å². The Labute approximate surface area is 169 Å². The highest BCUT2D eigenvalue weighted by molar-refractivity contribution is 9.10. The molecule has 2 aromatic heterocycles. The summed E-state index contributed by atoms with van der Waals surface area (Å²) in [6.07, 6.45) is 4.38. The van der Waals surface area contributed by atoms with Crippen molar-refractivity contribution in [3.63, 3.8) is 0 Å². The molecule has 2 aliphatic carbocycles. The second-order valence-electron chi connectivity index (χ2n) is 7.28. The lowest BCUT2D eigenvalue weighted by Gasteiger charge is -2.31. The van der Waals surface area contributed by atoms with E-state index < -0.39 is 0 Å². The summed E-state index contributed by atoms with van der Waals surface area (Å²) in [4.78, 5) is 17.5. The molecule has 2 heterocycles. The van der Waals surface area contributed by atoms with E-state index >= 15 is 0 Å². The predicted octanol–water partition coefficient (Wildman–Crippen LogP) is 4.74. The van der Waals surface area contributed by atoms with Crippen LogP contribution in [0.4, 0.5) is 0 Å². The number of rotatable bonds is 2. The Hall–Kier alpha value is -1.92. The van der Waals surface area contributed by atoms with Crippen molar-refractivity contribution in [1.82, 2.24) is 14.6 Å². The summed E-state index contributed by atoms with van der Waals surface area (Å²) >= 11 is 10.0. The minimum Gasteiger partial charge on any atom is -0.458 e. The van der Waals surface area contributed by atoms with Gasteiger partial charge in [-0.3, -0.25) is 0 Å². The Balaban J connectivity index is 1.54. The standard InChI is InChI=1S/C20H17BrClN3O2/c21-15-11-16-23-17-13(18(22)25(16)24-15)8-10-20(17)9-4-7-14(20)27-19(26)12-5-2-1-3-6-12/h1-3,5-6,11,14H,4,7-10H2/t14-,20-/m1/s1. The highest BCUT2D eigenvalue weighted by atomic mass is 79.9. The normalized spacial score (nSPS) is 23.9. The number of hydrogen-bond donors (Lipinski definition) is 0. The largest absolute Gasteiger partial charge is 0.458 e. The van der Waals surface area contributed by atoms with Crippen molar-refractivity contribution in [1.29, 1.82) is 0 Å². The number of fused-ring (bicyclic) bond motifs is 3. The zero-order valence-electron chi connectivity index (χ0n) is 14.5. The lowest BCUT2D eigenvalue weighted by Crippen LogP contribution is -2.37. The van der Waals surface area contributed by atoms with Crippen molar-refractivity contribution >= 4 is 39.1 Å². The van der Waals surface area contributed by atoms with Gasteiger partial charge in [-0.15, -0.1) is 0 Å². The van der Waals surface area contributed by atoms with Crippen molar-refractivity contribution in [2.24, 2.45) is 0 Å². The first kappa shape index (κ1) is 17.2. The van der Waals surface area contributed by atoms with Crippen LogP contribution in [0.25, 0.3) is 5.65 Å². The number of ether oxygens (including phenoxy) is 1. The summed E-state index contributed by atoms with van der Waals surface area (Å²) in [5.74, 6) is -0.269. The zero-order chi connectivity index (χ0) is 18.6. The molecular weight excluding hydrogens is 430 g/mol. The minimum atomic E-state index is -0.269. The fraction of sp³-hybridized carbons (Fsp3) is 0.350. The van der Waals surface area contributed by atoms with Gasteiger partial charge in [0.05, 0.1) is 16.7 Å². The van der Waals surface area contributed by atoms with Crippen LogP contribution < -0.4 is 0 Å². The molecule has 1 spiro atoms. The molecule has 7 heteroatoms. The molecule has 0 saturated heterocycles. The van der Waals surface area contributed by atoms with Crippen LogP contribution in [0.3, 0.4) is 0 Å². The average Bonchev–Trinajstić information content (AvgIpc) is 3.35. The third-order valence-corrected chi connectivity index (χ3v) is 6.64. The summed E-state index contributed by atoms with van der Waals surface area (Å²) in [5.41, 5.74) is 3.06. The highest BCUT2D eigenvalue weighted by Gasteiger charge is 2.52. The van der Waals surface area contributed by atoms with Gasteiger partial charge in [-0.05, 0) is 60.2 Å². The molecule has 1 aromatic carbocycles. The molecule has 3 aromatic rings. The number of nitrogens with zero attached hydrogens (tertiary/aromatic N) is 3. The first-order chi connectivity index (χ1) is 13.1. The second-order valence-corrected chi connectivity index (χ2v) is 8.45. The molecule has 2 atom stereocenters. The van der Waals surface area contributed by atoms with Gasteiger partial charge in [-0.2, -0.15) is 5.10 Å². The Bertz CT molecular complexity index is 1050. The van der Waals surface area contributed by atoms with Crippen LogP contribution in [0.2, 0.25) is 5.15 Å². The van der Waals surface area contributed by atoms with E-state index in [-0.39, 0.29) is 17.5 Å². The summed E-state index contributed by atoms with van der Waals surface area (Å²) < 4.78 is 8.37. The monoisotopic (exact) mass is 445 g/mol. The predicted molar refractivity (Wildman–Crippen MR) is 105 cm³/mol. The maximum absolute atomic E-state index is 12.6. The molecule has 27 heavy (non-hydrogen) atoms. The first-order valence-electron chi connectivity index (χ1n) is 9.09. The van der Waals surface area contributed by atoms with Gasteiger partial charge in [0.15, 0.2) is 5.65 Å². The highest BCUT2D eigenvalue weighted by Crippen LogP contribution is 2.52. The molecule has 5 rings (SSSR count). The molecule has 0 unspecified atom stereocenters. The van der Waals surface area contributed by atoms with Gasteiger partial charge in [0.1, 0.15) is 15.9 Å². The average molecular weight is 447 g/mol. The number of aromatic nitrogens is 3. The fourth-order valence-corrected chi connectivity index (χ4v) is 5.29. The van der Waals surface area contributed by atoms with Gasteiger partial charge < -0.3 is 4.74 Å². The molecule has 5 nitrogen and oxygen atoms in total. The van der Waals surface area contributed by atoms with Crippen molar-refractivity contribution < 1.29 is 9.53 Å². The molecular formula is C20H17BrClN3O2. The molecule has 0 aliphatic heterocycles. The zero-order valence-corrected chi connectivity index (χ0v) is 16.8. The molecule has 0 amide bonds. The number of hydrogen-bond acceptors (Lipinski definition) is 4. The summed E-state index contributed by atoms with van der Waals surface area (Å²) in [7, 11) is 0. The lowest BCUT2D eigenvalue weighted by molar-refractivity contribution is 0.0132. The van der Waals surface area contributed by atoms with E-state index in [1.807, 2.05) is 24.3 Å². The van der Waals surface area contributed by atoms with Gasteiger partial charge in [-0.25, -0.2) is 14.3 Å². The Morgan fingerprint density at radius 1 is 1.30 bits per heavy atom. The molecule has 1 fully saturated rings. The number of esters is 1. The van der Waals surface area contributed by atoms with Crippen LogP contribution in [-0.4, -0.2) is 26.7 Å². The van der Waals surface area contributed by atoms with Gasteiger partial charge in [0, 0.05) is 11.6 Å². The molecule has 0 N–H and O–H groups in total. The van der Waals surface area contributed by atoms with Gasteiger partial charge in [0.25, 0.3) is 0 Å². The van der Waals surface area contributed by atoms with Gasteiger partial charge >= 0.3 is 5.97 Å². The number of halogens is 2. The molecule has 0 radical (unpaired) electrons. The van der Waals surface area contributed by atoms with E-state index in [0.717, 1.165) is 43.4 Å². The van der Waals surface area contributed by atoms with Crippen molar-refractivity contribution in [2.75, 3.05) is 0 Å². The topological polar surface area (TPSA) is 56.5 Å². The first-order valence-corrected chi connectivity index (χ1v) is 10.3. The van der Waals surface area contributed by atoms with Crippen molar-refractivity contribution in [3.05, 3.63) is 63.0 Å². The van der Waals surface area contributed by atoms with Gasteiger partial charge in [-0.1, -0.05) is 29.8 Å². The Morgan fingerprint density at radius 2 is 2.11 bits per heavy atom. The molecule has 1 saturated carbocycles. The van der Waals surface area contributed by atoms with Crippen LogP contribution in [-0.2, 0) is 16.6 Å². The van der Waals surface area contributed by atoms with E-state index in [2.05, 4.69) is 21.0 Å². The smallest absolute Gasteiger partial charge is 0.338 e. The second kappa shape index (κ2) is 6.31. The van der Waals surface area contributed by atoms with E-state index in [9.17, 15) is 4.79 Å². The van der Waals surface area contributed by atoms with Crippen molar-refractivity contribution in [2.45, 2.75) is 43.6 Å². The van der Waals surface area contributed by atoms with Gasteiger partial charge in [0.2, 0.25) is 0 Å². The minimum absolute atomic E-state index is 0.177. The fourth-order valence-electron chi connectivity index (χ4n) is 4.62. The third kappa shape index (κ3) is 2.61. The summed E-state index contributed by atoms with van der Waals surface area (Å²) in [5, 5.41) is 4.97. The number of carbonyl (C=O) groups is 1. The van der Waals surface area contributed by atoms with Crippen molar-refractivity contribution in [3.8, 4) is 0 Å². The summed E-state index contributed by atoms with van der Waals surface area (Å²) in [6.45, 7) is 0. The molecule has 0 bridgehead atoms. The lowest BCUT2D eigenvalue weighted by atomic mass is 9.81. The Morgan fingerprint density at radius 3 is 2.93 bits per heavy atom. The van der Waals surface area contributed by atoms with E-state index in [4.69, 9.17) is 21.3 Å². The van der Waals surface area contributed by atoms with E-state index in [0.29, 0.717) is 21.0 Å². The molecule has 138 valence electrons. The van der Waals surface area contributed by atoms with Crippen LogP contribution in [0.15, 0.2) is 41.0 Å². The van der Waals surface area contributed by atoms with E-state index in [1.165, 1.54) is 0 Å². The van der Waals surface area contributed by atoms with Crippen LogP contribution in [0, 0.1) is 0 Å². The van der Waals surface area contributed by atoms with Crippen LogP contribution in [0.1, 0.15) is 47.3 Å². The third-order valence-electron chi connectivity index (χ3n) is 5.86. The summed E-state index contributed by atoms with van der Waals surface area (Å²) in [6, 6.07) is 11.0. The SMILES string of the molecule is O=C(O[C@@H]1CCC[C@@]12CCc1c2nc2cc(Br)nn2c1Cl)c1ccccc1. The number of carbonyl (C=O) groups excluding carboxylic acids is 1. The maximum atomic E-state index is 12.6. The molecule has 2 aliphatic rings.